The number of anilines is 1. The second-order valence-corrected chi connectivity index (χ2v) is 9.69. The molecule has 1 saturated heterocycles. The fourth-order valence-electron chi connectivity index (χ4n) is 3.98. The number of hydrogen-bond donors (Lipinski definition) is 4. The number of rotatable bonds is 7. The van der Waals surface area contributed by atoms with E-state index in [4.69, 9.17) is 26.1 Å². The Kier molecular flexibility index (Phi) is 6.26. The van der Waals surface area contributed by atoms with Gasteiger partial charge in [0, 0.05) is 12.6 Å². The minimum atomic E-state index is -4.38. The first-order valence-electron chi connectivity index (χ1n) is 9.92. The quantitative estimate of drug-likeness (QED) is 0.359. The summed E-state index contributed by atoms with van der Waals surface area (Å²) in [5, 5.41) is 6.06. The van der Waals surface area contributed by atoms with Crippen molar-refractivity contribution in [3.8, 4) is 0 Å². The van der Waals surface area contributed by atoms with Crippen LogP contribution in [0.25, 0.3) is 11.2 Å². The number of halogens is 1. The molecule has 30 heavy (non-hydrogen) atoms. The van der Waals surface area contributed by atoms with Crippen LogP contribution in [0.4, 0.5) is 5.82 Å². The van der Waals surface area contributed by atoms with Crippen LogP contribution >= 0.6 is 19.2 Å². The van der Waals surface area contributed by atoms with E-state index < -0.39 is 19.7 Å². The highest BCUT2D eigenvalue weighted by Gasteiger charge is 2.30. The molecule has 1 aliphatic heterocycles. The van der Waals surface area contributed by atoms with E-state index in [1.54, 1.807) is 10.9 Å². The Morgan fingerprint density at radius 2 is 2.03 bits per heavy atom. The van der Waals surface area contributed by atoms with E-state index in [9.17, 15) is 9.36 Å². The van der Waals surface area contributed by atoms with Gasteiger partial charge in [0.15, 0.2) is 17.0 Å². The average molecular weight is 459 g/mol. The van der Waals surface area contributed by atoms with Gasteiger partial charge in [-0.05, 0) is 37.3 Å². The van der Waals surface area contributed by atoms with Crippen LogP contribution in [-0.4, -0.2) is 60.1 Å². The molecule has 4 rings (SSSR count). The summed E-state index contributed by atoms with van der Waals surface area (Å²) < 4.78 is 18.7. The molecule has 2 aliphatic rings. The lowest BCUT2D eigenvalue weighted by atomic mass is 10.2. The zero-order valence-corrected chi connectivity index (χ0v) is 17.8. The number of fused-ring (bicyclic) bond motifs is 1. The third kappa shape index (κ3) is 5.09. The van der Waals surface area contributed by atoms with Crippen molar-refractivity contribution >= 4 is 42.1 Å². The number of nitrogens with zero attached hydrogens (tertiary/aromatic N) is 4. The number of nitrogens with one attached hydrogen (secondary N) is 2. The van der Waals surface area contributed by atoms with Crippen molar-refractivity contribution in [2.45, 2.75) is 56.9 Å². The summed E-state index contributed by atoms with van der Waals surface area (Å²) in [6.07, 6.45) is 6.12. The maximum atomic E-state index is 11.6. The highest BCUT2D eigenvalue weighted by atomic mass is 35.5. The zero-order chi connectivity index (χ0) is 21.3. The van der Waals surface area contributed by atoms with Gasteiger partial charge in [-0.2, -0.15) is 9.97 Å². The van der Waals surface area contributed by atoms with Gasteiger partial charge in [-0.3, -0.25) is 13.9 Å². The zero-order valence-electron chi connectivity index (χ0n) is 16.2. The predicted octanol–water partition coefficient (Wildman–Crippen LogP) is 1.81. The van der Waals surface area contributed by atoms with Crippen LogP contribution < -0.4 is 10.6 Å². The summed E-state index contributed by atoms with van der Waals surface area (Å²) in [7, 11) is -4.38. The molecule has 0 bridgehead atoms. The van der Waals surface area contributed by atoms with Crippen LogP contribution in [0.1, 0.15) is 44.8 Å². The molecule has 0 radical (unpaired) electrons. The van der Waals surface area contributed by atoms with Gasteiger partial charge in [0.2, 0.25) is 11.2 Å². The Morgan fingerprint density at radius 3 is 2.77 bits per heavy atom. The fourth-order valence-corrected chi connectivity index (χ4v) is 4.63. The van der Waals surface area contributed by atoms with Crippen molar-refractivity contribution in [1.82, 2.24) is 24.8 Å². The van der Waals surface area contributed by atoms with Crippen molar-refractivity contribution in [2.24, 2.45) is 0 Å². The van der Waals surface area contributed by atoms with Crippen molar-refractivity contribution in [3.63, 3.8) is 0 Å². The number of hydrogen-bond acceptors (Lipinski definition) is 7. The Labute approximate surface area is 177 Å². The third-order valence-corrected chi connectivity index (χ3v) is 6.23. The molecule has 4 N–H and O–H groups in total. The van der Waals surface area contributed by atoms with Gasteiger partial charge < -0.3 is 25.2 Å². The van der Waals surface area contributed by atoms with Crippen molar-refractivity contribution < 1.29 is 23.9 Å². The number of carbonyl (C=O) groups excluding carboxylic acids is 1. The molecule has 164 valence electrons. The van der Waals surface area contributed by atoms with Crippen LogP contribution in [0.15, 0.2) is 6.33 Å². The SMILES string of the molecule is O=C(CP(=O)(O)O)NC[C@@H]1CC[C@H](n2cnc3c(NC4CCCC4)nc(Cl)nc32)O1. The fraction of sp³-hybridized carbons (Fsp3) is 0.647. The Bertz CT molecular complexity index is 975. The molecule has 2 fully saturated rings. The van der Waals surface area contributed by atoms with Crippen molar-refractivity contribution in [1.29, 1.82) is 0 Å². The van der Waals surface area contributed by atoms with Gasteiger partial charge in [0.05, 0.1) is 12.4 Å². The second-order valence-electron chi connectivity index (χ2n) is 7.71. The first-order valence-corrected chi connectivity index (χ1v) is 12.1. The molecule has 2 aromatic heterocycles. The van der Waals surface area contributed by atoms with E-state index in [0.29, 0.717) is 35.9 Å². The topological polar surface area (TPSA) is 151 Å². The molecule has 2 atom stereocenters. The maximum Gasteiger partial charge on any atom is 0.334 e. The molecule has 0 aromatic carbocycles. The van der Waals surface area contributed by atoms with E-state index in [1.807, 2.05) is 0 Å². The van der Waals surface area contributed by atoms with Gasteiger partial charge in [0.25, 0.3) is 0 Å². The summed E-state index contributed by atoms with van der Waals surface area (Å²) in [4.78, 5) is 42.4. The average Bonchev–Trinajstić information content (AvgIpc) is 3.38. The Morgan fingerprint density at radius 1 is 1.27 bits per heavy atom. The second kappa shape index (κ2) is 8.76. The van der Waals surface area contributed by atoms with Crippen LogP contribution in [0.5, 0.6) is 0 Å². The minimum Gasteiger partial charge on any atom is -0.365 e. The summed E-state index contributed by atoms with van der Waals surface area (Å²) in [6.45, 7) is 0.173. The molecular formula is C17H24ClN6O5P. The highest BCUT2D eigenvalue weighted by Crippen LogP contribution is 2.34. The molecule has 3 heterocycles. The minimum absolute atomic E-state index is 0.129. The molecule has 1 saturated carbocycles. The first kappa shape index (κ1) is 21.5. The van der Waals surface area contributed by atoms with Gasteiger partial charge in [-0.1, -0.05) is 12.8 Å². The number of carbonyl (C=O) groups is 1. The molecule has 0 spiro atoms. The molecule has 0 unspecified atom stereocenters. The lowest BCUT2D eigenvalue weighted by molar-refractivity contribution is -0.119. The highest BCUT2D eigenvalue weighted by molar-refractivity contribution is 7.52. The van der Waals surface area contributed by atoms with E-state index in [-0.39, 0.29) is 24.2 Å². The normalized spacial score (nSPS) is 22.6. The first-order chi connectivity index (χ1) is 14.3. The molecule has 1 amide bonds. The molecule has 2 aromatic rings. The number of amides is 1. The maximum absolute atomic E-state index is 11.6. The van der Waals surface area contributed by atoms with Gasteiger partial charge in [0.1, 0.15) is 12.4 Å². The van der Waals surface area contributed by atoms with Gasteiger partial charge in [-0.25, -0.2) is 4.98 Å². The van der Waals surface area contributed by atoms with E-state index in [2.05, 4.69) is 25.6 Å². The number of aromatic nitrogens is 4. The summed E-state index contributed by atoms with van der Waals surface area (Å²) in [6, 6.07) is 0.355. The van der Waals surface area contributed by atoms with Gasteiger partial charge in [-0.15, -0.1) is 0 Å². The van der Waals surface area contributed by atoms with Crippen molar-refractivity contribution in [3.05, 3.63) is 11.6 Å². The van der Waals surface area contributed by atoms with E-state index in [0.717, 1.165) is 12.8 Å². The molecule has 1 aliphatic carbocycles. The van der Waals surface area contributed by atoms with E-state index >= 15 is 0 Å². The Balaban J connectivity index is 1.43. The Hall–Kier alpha value is -1.78. The summed E-state index contributed by atoms with van der Waals surface area (Å²) in [5.74, 6) is -0.0829. The van der Waals surface area contributed by atoms with Crippen LogP contribution in [0.2, 0.25) is 5.28 Å². The molecular weight excluding hydrogens is 435 g/mol. The van der Waals surface area contributed by atoms with Gasteiger partial charge >= 0.3 is 7.60 Å². The molecule has 11 nitrogen and oxygen atoms in total. The monoisotopic (exact) mass is 458 g/mol. The number of imidazole rings is 1. The van der Waals surface area contributed by atoms with Crippen LogP contribution in [-0.2, 0) is 14.1 Å². The number of ether oxygens (including phenoxy) is 1. The van der Waals surface area contributed by atoms with Crippen molar-refractivity contribution in [2.75, 3.05) is 18.0 Å². The largest absolute Gasteiger partial charge is 0.365 e. The summed E-state index contributed by atoms with van der Waals surface area (Å²) >= 11 is 6.16. The standard InChI is InChI=1S/C17H24ClN6O5P/c18-17-22-15(21-10-3-1-2-4-10)14-16(23-17)24(9-20-14)13-6-5-11(29-13)7-19-12(25)8-30(26,27)28/h9-11,13H,1-8H2,(H,19,25)(H,21,22,23)(H2,26,27,28)/t11-,13+/m0/s1. The van der Waals surface area contributed by atoms with Crippen LogP contribution in [0, 0.1) is 0 Å². The predicted molar refractivity (Wildman–Crippen MR) is 109 cm³/mol. The van der Waals surface area contributed by atoms with Crippen LogP contribution in [0.3, 0.4) is 0 Å². The molecule has 13 heteroatoms. The van der Waals surface area contributed by atoms with E-state index in [1.165, 1.54) is 12.8 Å². The summed E-state index contributed by atoms with van der Waals surface area (Å²) in [5.41, 5.74) is 1.21. The lowest BCUT2D eigenvalue weighted by Crippen LogP contribution is -2.33. The smallest absolute Gasteiger partial charge is 0.334 e. The third-order valence-electron chi connectivity index (χ3n) is 5.36. The lowest BCUT2D eigenvalue weighted by Gasteiger charge is -2.16.